The van der Waals surface area contributed by atoms with Crippen molar-refractivity contribution in [2.45, 2.75) is 123 Å². The van der Waals surface area contributed by atoms with Gasteiger partial charge < -0.3 is 9.67 Å². The Morgan fingerprint density at radius 2 is 1.42 bits per heavy atom. The van der Waals surface area contributed by atoms with Gasteiger partial charge in [-0.3, -0.25) is 14.3 Å². The molecule has 1 aliphatic rings. The van der Waals surface area contributed by atoms with E-state index in [4.69, 9.17) is 0 Å². The molecule has 0 unspecified atom stereocenters. The lowest BCUT2D eigenvalue weighted by molar-refractivity contribution is 0.182. The second kappa shape index (κ2) is 13.9. The molecule has 6 nitrogen and oxygen atoms in total. The third kappa shape index (κ3) is 7.90. The Balaban J connectivity index is 2.14. The highest BCUT2D eigenvalue weighted by molar-refractivity contribution is 5.14. The van der Waals surface area contributed by atoms with Gasteiger partial charge in [0.25, 0.3) is 5.56 Å². The fourth-order valence-electron chi connectivity index (χ4n) is 4.71. The van der Waals surface area contributed by atoms with E-state index in [1.54, 1.807) is 10.8 Å². The van der Waals surface area contributed by atoms with Crippen molar-refractivity contribution in [2.75, 3.05) is 13.6 Å². The Kier molecular flexibility index (Phi) is 11.6. The van der Waals surface area contributed by atoms with Crippen molar-refractivity contribution in [3.05, 3.63) is 32.6 Å². The summed E-state index contributed by atoms with van der Waals surface area (Å²) in [5, 5.41) is 10.1. The highest BCUT2D eigenvalue weighted by Gasteiger charge is 2.32. The molecule has 178 valence electrons. The van der Waals surface area contributed by atoms with E-state index in [0.717, 1.165) is 32.1 Å². The van der Waals surface area contributed by atoms with E-state index >= 15 is 0 Å². The Bertz CT molecular complexity index is 755. The lowest BCUT2D eigenvalue weighted by atomic mass is 10.1. The minimum absolute atomic E-state index is 0.116. The Morgan fingerprint density at radius 1 is 0.871 bits per heavy atom. The zero-order chi connectivity index (χ0) is 22.6. The zero-order valence-electron chi connectivity index (χ0n) is 20.2. The number of aromatic nitrogens is 2. The first-order valence-electron chi connectivity index (χ1n) is 12.7. The van der Waals surface area contributed by atoms with Crippen molar-refractivity contribution in [3.63, 3.8) is 0 Å². The van der Waals surface area contributed by atoms with Crippen LogP contribution in [0, 0.1) is 0 Å². The average Bonchev–Trinajstić information content (AvgIpc) is 3.08. The van der Waals surface area contributed by atoms with Crippen molar-refractivity contribution in [3.8, 4) is 0 Å². The minimum Gasteiger partial charge on any atom is -0.392 e. The van der Waals surface area contributed by atoms with Crippen molar-refractivity contribution in [1.82, 2.24) is 14.0 Å². The molecular formula is C25H45N3O3. The molecule has 0 spiro atoms. The topological polar surface area (TPSA) is 67.5 Å². The smallest absolute Gasteiger partial charge is 0.330 e. The predicted octanol–water partition coefficient (Wildman–Crippen LogP) is 4.47. The van der Waals surface area contributed by atoms with Gasteiger partial charge in [0.2, 0.25) is 0 Å². The fourth-order valence-corrected chi connectivity index (χ4v) is 4.71. The molecule has 6 heteroatoms. The lowest BCUT2D eigenvalue weighted by Gasteiger charge is -2.21. The average molecular weight is 436 g/mol. The molecule has 2 heterocycles. The molecular weight excluding hydrogens is 390 g/mol. The summed E-state index contributed by atoms with van der Waals surface area (Å²) in [5.74, 6) is 0. The van der Waals surface area contributed by atoms with Gasteiger partial charge in [0, 0.05) is 31.9 Å². The van der Waals surface area contributed by atoms with Gasteiger partial charge >= 0.3 is 5.69 Å². The largest absolute Gasteiger partial charge is 0.392 e. The first-order chi connectivity index (χ1) is 15.0. The van der Waals surface area contributed by atoms with Crippen molar-refractivity contribution in [1.29, 1.82) is 0 Å². The normalized spacial score (nSPS) is 19.4. The maximum atomic E-state index is 13.2. The molecule has 2 rings (SSSR count). The number of aliphatic hydroxyl groups is 1. The number of aliphatic hydroxyl groups excluding tert-OH is 1. The van der Waals surface area contributed by atoms with E-state index in [0.29, 0.717) is 31.6 Å². The van der Waals surface area contributed by atoms with Crippen LogP contribution in [0.1, 0.15) is 109 Å². The SMILES string of the molecule is CCCCCCCCn1cc([C@@H]2C[C@@H](O)CN2C)c(=O)n(CCCCCCCC)c1=O. The maximum Gasteiger partial charge on any atom is 0.330 e. The number of likely N-dealkylation sites (N-methyl/N-ethyl adjacent to an activating group) is 1. The summed E-state index contributed by atoms with van der Waals surface area (Å²) >= 11 is 0. The third-order valence-corrected chi connectivity index (χ3v) is 6.64. The summed E-state index contributed by atoms with van der Waals surface area (Å²) in [5.41, 5.74) is 0.330. The fraction of sp³-hybridized carbons (Fsp3) is 0.840. The minimum atomic E-state index is -0.416. The van der Waals surface area contributed by atoms with Crippen LogP contribution in [0.15, 0.2) is 15.8 Å². The molecule has 0 aliphatic carbocycles. The van der Waals surface area contributed by atoms with Gasteiger partial charge in [-0.25, -0.2) is 4.79 Å². The Morgan fingerprint density at radius 3 is 1.97 bits per heavy atom. The maximum absolute atomic E-state index is 13.2. The van der Waals surface area contributed by atoms with Crippen LogP contribution in [-0.2, 0) is 13.1 Å². The molecule has 2 atom stereocenters. The van der Waals surface area contributed by atoms with Crippen LogP contribution in [0.25, 0.3) is 0 Å². The van der Waals surface area contributed by atoms with Gasteiger partial charge in [-0.1, -0.05) is 78.1 Å². The van der Waals surface area contributed by atoms with Crippen molar-refractivity contribution in [2.24, 2.45) is 0 Å². The molecule has 0 saturated carbocycles. The number of β-amino-alcohol motifs (C(OH)–C–C–N with tert-alkyl or cyclic N) is 1. The molecule has 1 aliphatic heterocycles. The first kappa shape index (κ1) is 25.9. The molecule has 31 heavy (non-hydrogen) atoms. The first-order valence-corrected chi connectivity index (χ1v) is 12.7. The van der Waals surface area contributed by atoms with Gasteiger partial charge in [-0.2, -0.15) is 0 Å². The third-order valence-electron chi connectivity index (χ3n) is 6.64. The highest BCUT2D eigenvalue weighted by Crippen LogP contribution is 2.28. The highest BCUT2D eigenvalue weighted by atomic mass is 16.3. The summed E-state index contributed by atoms with van der Waals surface area (Å²) < 4.78 is 3.22. The molecule has 1 aromatic heterocycles. The zero-order valence-corrected chi connectivity index (χ0v) is 20.2. The molecule has 0 aromatic carbocycles. The van der Waals surface area contributed by atoms with Crippen LogP contribution in [-0.4, -0.2) is 38.8 Å². The van der Waals surface area contributed by atoms with Crippen molar-refractivity contribution >= 4 is 0 Å². The van der Waals surface area contributed by atoms with E-state index < -0.39 is 6.10 Å². The number of hydrogen-bond acceptors (Lipinski definition) is 4. The molecule has 1 saturated heterocycles. The number of rotatable bonds is 15. The molecule has 0 bridgehead atoms. The quantitative estimate of drug-likeness (QED) is 0.413. The van der Waals surface area contributed by atoms with E-state index in [9.17, 15) is 14.7 Å². The van der Waals surface area contributed by atoms with Crippen molar-refractivity contribution < 1.29 is 5.11 Å². The second-order valence-electron chi connectivity index (χ2n) is 9.40. The number of likely N-dealkylation sites (tertiary alicyclic amines) is 1. The summed E-state index contributed by atoms with van der Waals surface area (Å²) in [7, 11) is 1.95. The molecule has 0 radical (unpaired) electrons. The van der Waals surface area contributed by atoms with E-state index in [1.165, 1.54) is 49.5 Å². The van der Waals surface area contributed by atoms with E-state index in [1.807, 2.05) is 11.9 Å². The molecule has 1 aromatic rings. The van der Waals surface area contributed by atoms with E-state index in [2.05, 4.69) is 13.8 Å². The van der Waals surface area contributed by atoms with Gasteiger partial charge in [-0.05, 0) is 26.3 Å². The number of aryl methyl sites for hydroxylation is 1. The molecule has 0 amide bonds. The van der Waals surface area contributed by atoms with Gasteiger partial charge in [0.15, 0.2) is 0 Å². The number of unbranched alkanes of at least 4 members (excludes halogenated alkanes) is 10. The van der Waals surface area contributed by atoms with Crippen LogP contribution >= 0.6 is 0 Å². The summed E-state index contributed by atoms with van der Waals surface area (Å²) in [6, 6.07) is -0.116. The van der Waals surface area contributed by atoms with Crippen LogP contribution in [0.5, 0.6) is 0 Å². The van der Waals surface area contributed by atoms with E-state index in [-0.39, 0.29) is 17.3 Å². The summed E-state index contributed by atoms with van der Waals surface area (Å²) in [6.45, 7) is 6.14. The van der Waals surface area contributed by atoms with Gasteiger partial charge in [-0.15, -0.1) is 0 Å². The van der Waals surface area contributed by atoms with Gasteiger partial charge in [0.1, 0.15) is 0 Å². The lowest BCUT2D eigenvalue weighted by Crippen LogP contribution is -2.43. The molecule has 1 fully saturated rings. The summed E-state index contributed by atoms with van der Waals surface area (Å²) in [6.07, 6.45) is 15.7. The predicted molar refractivity (Wildman–Crippen MR) is 128 cm³/mol. The number of nitrogens with zero attached hydrogens (tertiary/aromatic N) is 3. The number of hydrogen-bond donors (Lipinski definition) is 1. The van der Waals surface area contributed by atoms with Crippen LogP contribution < -0.4 is 11.2 Å². The molecule has 1 N–H and O–H groups in total. The Hall–Kier alpha value is -1.40. The monoisotopic (exact) mass is 435 g/mol. The summed E-state index contributed by atoms with van der Waals surface area (Å²) in [4.78, 5) is 28.4. The van der Waals surface area contributed by atoms with Crippen LogP contribution in [0.3, 0.4) is 0 Å². The van der Waals surface area contributed by atoms with Crippen LogP contribution in [0.2, 0.25) is 0 Å². The Labute approximate surface area is 188 Å². The second-order valence-corrected chi connectivity index (χ2v) is 9.40. The standard InChI is InChI=1S/C25H45N3O3/c1-4-6-8-10-12-14-16-27-20-22(23-18-21(29)19-26(23)3)24(30)28(25(27)31)17-15-13-11-9-7-5-2/h20-21,23,29H,4-19H2,1-3H3/t21-,23+/m1/s1. The van der Waals surface area contributed by atoms with Gasteiger partial charge in [0.05, 0.1) is 11.7 Å². The van der Waals surface area contributed by atoms with Crippen LogP contribution in [0.4, 0.5) is 0 Å².